The van der Waals surface area contributed by atoms with E-state index in [1.54, 1.807) is 0 Å². The van der Waals surface area contributed by atoms with Crippen molar-refractivity contribution in [1.82, 2.24) is 4.90 Å². The zero-order chi connectivity index (χ0) is 16.7. The monoisotopic (exact) mass is 331 g/mol. The van der Waals surface area contributed by atoms with Crippen LogP contribution in [-0.4, -0.2) is 23.5 Å². The van der Waals surface area contributed by atoms with Gasteiger partial charge in [-0.2, -0.15) is 0 Å². The molecule has 2 atom stereocenters. The number of rotatable bonds is 10. The number of piperidine rings is 1. The van der Waals surface area contributed by atoms with Crippen LogP contribution in [0.3, 0.4) is 0 Å². The number of allylic oxidation sites excluding steroid dienone is 2. The van der Waals surface area contributed by atoms with E-state index >= 15 is 0 Å². The van der Waals surface area contributed by atoms with Crippen molar-refractivity contribution in [3.8, 4) is 0 Å². The summed E-state index contributed by atoms with van der Waals surface area (Å²) in [5.74, 6) is 2.08. The lowest BCUT2D eigenvalue weighted by Gasteiger charge is -2.40. The molecule has 1 aliphatic heterocycles. The molecular weight excluding hydrogens is 290 g/mol. The average molecular weight is 332 g/mol. The molecule has 1 heterocycles. The minimum absolute atomic E-state index is 0.668. The highest BCUT2D eigenvalue weighted by atomic mass is 15.2. The van der Waals surface area contributed by atoms with Gasteiger partial charge in [0.15, 0.2) is 0 Å². The summed E-state index contributed by atoms with van der Waals surface area (Å²) in [6, 6.07) is 0. The maximum Gasteiger partial charge on any atom is 0.0269 e. The fraction of sp³-hybridized carbons (Fsp3) is 0.913. The third-order valence-corrected chi connectivity index (χ3v) is 7.19. The van der Waals surface area contributed by atoms with Crippen LogP contribution in [0, 0.1) is 11.8 Å². The van der Waals surface area contributed by atoms with E-state index in [0.717, 1.165) is 11.8 Å². The first-order valence-electron chi connectivity index (χ1n) is 11.3. The van der Waals surface area contributed by atoms with Crippen LogP contribution in [0.1, 0.15) is 103 Å². The van der Waals surface area contributed by atoms with Gasteiger partial charge in [0.2, 0.25) is 0 Å². The van der Waals surface area contributed by atoms with Crippen LogP contribution in [0.25, 0.3) is 0 Å². The minimum atomic E-state index is 0.668. The zero-order valence-electron chi connectivity index (χ0n) is 16.3. The van der Waals surface area contributed by atoms with Gasteiger partial charge in [0.25, 0.3) is 0 Å². The molecule has 0 aromatic rings. The molecule has 1 saturated heterocycles. The molecular formula is C23H41N. The smallest absolute Gasteiger partial charge is 0.0269 e. The van der Waals surface area contributed by atoms with E-state index in [1.165, 1.54) is 109 Å². The fourth-order valence-corrected chi connectivity index (χ4v) is 5.80. The average Bonchev–Trinajstić information content (AvgIpc) is 3.08. The highest BCUT2D eigenvalue weighted by Crippen LogP contribution is 2.60. The van der Waals surface area contributed by atoms with Gasteiger partial charge in [-0.25, -0.2) is 0 Å². The standard InChI is InChI=1S/C23H41N/c1-2-3-4-5-6-7-8-10-17-22-20-23(22,21-15-11-12-16-21)24-18-13-9-14-19-24/h6-7,21-22H,2-5,8-20H2,1H3/b7-6+/t22-,23+/m0/s1. The number of likely N-dealkylation sites (tertiary alicyclic amines) is 1. The Balaban J connectivity index is 1.42. The normalized spacial score (nSPS) is 32.0. The van der Waals surface area contributed by atoms with E-state index in [9.17, 15) is 0 Å². The third kappa shape index (κ3) is 4.45. The largest absolute Gasteiger partial charge is 0.297 e. The first-order chi connectivity index (χ1) is 11.9. The van der Waals surface area contributed by atoms with Crippen molar-refractivity contribution in [3.63, 3.8) is 0 Å². The number of unbranched alkanes of at least 4 members (excludes halogenated alkanes) is 4. The molecule has 0 amide bonds. The van der Waals surface area contributed by atoms with Crippen molar-refractivity contribution >= 4 is 0 Å². The minimum Gasteiger partial charge on any atom is -0.297 e. The van der Waals surface area contributed by atoms with Crippen LogP contribution in [0.15, 0.2) is 12.2 Å². The summed E-state index contributed by atoms with van der Waals surface area (Å²) in [5.41, 5.74) is 0.668. The van der Waals surface area contributed by atoms with Crippen molar-refractivity contribution in [2.45, 2.75) is 109 Å². The van der Waals surface area contributed by atoms with Crippen LogP contribution in [-0.2, 0) is 0 Å². The molecule has 3 fully saturated rings. The summed E-state index contributed by atoms with van der Waals surface area (Å²) in [5, 5.41) is 0. The summed E-state index contributed by atoms with van der Waals surface area (Å²) in [4.78, 5) is 2.97. The third-order valence-electron chi connectivity index (χ3n) is 7.19. The Morgan fingerprint density at radius 3 is 2.29 bits per heavy atom. The second kappa shape index (κ2) is 9.41. The second-order valence-electron chi connectivity index (χ2n) is 8.82. The Kier molecular flexibility index (Phi) is 7.25. The van der Waals surface area contributed by atoms with Gasteiger partial charge in [-0.05, 0) is 89.1 Å². The maximum atomic E-state index is 2.97. The summed E-state index contributed by atoms with van der Waals surface area (Å²) < 4.78 is 0. The Morgan fingerprint density at radius 1 is 0.875 bits per heavy atom. The highest BCUT2D eigenvalue weighted by molar-refractivity contribution is 5.16. The van der Waals surface area contributed by atoms with Crippen molar-refractivity contribution < 1.29 is 0 Å². The first kappa shape index (κ1) is 18.5. The van der Waals surface area contributed by atoms with E-state index in [-0.39, 0.29) is 0 Å². The van der Waals surface area contributed by atoms with Gasteiger partial charge in [-0.15, -0.1) is 0 Å². The molecule has 3 aliphatic rings. The fourth-order valence-electron chi connectivity index (χ4n) is 5.80. The molecule has 0 bridgehead atoms. The molecule has 138 valence electrons. The molecule has 0 N–H and O–H groups in total. The van der Waals surface area contributed by atoms with Crippen LogP contribution in [0.5, 0.6) is 0 Å². The Morgan fingerprint density at radius 2 is 1.58 bits per heavy atom. The summed E-state index contributed by atoms with van der Waals surface area (Å²) in [6.45, 7) is 5.10. The molecule has 0 aromatic carbocycles. The SMILES string of the molecule is CCCCC/C=C/CCC[C@H]1C[C@]1(C1CCCC1)N1CCCCC1. The quantitative estimate of drug-likeness (QED) is 0.317. The second-order valence-corrected chi connectivity index (χ2v) is 8.82. The first-order valence-corrected chi connectivity index (χ1v) is 11.3. The van der Waals surface area contributed by atoms with E-state index < -0.39 is 0 Å². The summed E-state index contributed by atoms with van der Waals surface area (Å²) in [6.07, 6.45) is 26.6. The van der Waals surface area contributed by atoms with Gasteiger partial charge in [0.1, 0.15) is 0 Å². The zero-order valence-corrected chi connectivity index (χ0v) is 16.3. The molecule has 1 heteroatoms. The predicted molar refractivity (Wildman–Crippen MR) is 105 cm³/mol. The van der Waals surface area contributed by atoms with Gasteiger partial charge in [-0.3, -0.25) is 4.90 Å². The van der Waals surface area contributed by atoms with Crippen molar-refractivity contribution in [1.29, 1.82) is 0 Å². The predicted octanol–water partition coefficient (Wildman–Crippen LogP) is 6.73. The van der Waals surface area contributed by atoms with Crippen LogP contribution >= 0.6 is 0 Å². The van der Waals surface area contributed by atoms with E-state index in [4.69, 9.17) is 0 Å². The van der Waals surface area contributed by atoms with Gasteiger partial charge < -0.3 is 0 Å². The van der Waals surface area contributed by atoms with Gasteiger partial charge >= 0.3 is 0 Å². The maximum absolute atomic E-state index is 2.97. The molecule has 2 saturated carbocycles. The van der Waals surface area contributed by atoms with Crippen molar-refractivity contribution in [2.75, 3.05) is 13.1 Å². The molecule has 0 aromatic heterocycles. The van der Waals surface area contributed by atoms with Gasteiger partial charge in [0, 0.05) is 5.54 Å². The number of nitrogens with zero attached hydrogens (tertiary/aromatic N) is 1. The van der Waals surface area contributed by atoms with Crippen LogP contribution in [0.2, 0.25) is 0 Å². The highest BCUT2D eigenvalue weighted by Gasteiger charge is 2.61. The van der Waals surface area contributed by atoms with Gasteiger partial charge in [0.05, 0.1) is 0 Å². The molecule has 0 spiro atoms. The molecule has 0 unspecified atom stereocenters. The number of hydrogen-bond acceptors (Lipinski definition) is 1. The Hall–Kier alpha value is -0.300. The van der Waals surface area contributed by atoms with Crippen LogP contribution in [0.4, 0.5) is 0 Å². The lowest BCUT2D eigenvalue weighted by Crippen LogP contribution is -2.46. The molecule has 0 radical (unpaired) electrons. The lowest BCUT2D eigenvalue weighted by atomic mass is 9.88. The topological polar surface area (TPSA) is 3.24 Å². The molecule has 3 rings (SSSR count). The molecule has 2 aliphatic carbocycles. The van der Waals surface area contributed by atoms with E-state index in [0.29, 0.717) is 5.54 Å². The van der Waals surface area contributed by atoms with E-state index in [2.05, 4.69) is 24.0 Å². The van der Waals surface area contributed by atoms with Crippen molar-refractivity contribution in [3.05, 3.63) is 12.2 Å². The lowest BCUT2D eigenvalue weighted by molar-refractivity contribution is 0.0831. The summed E-state index contributed by atoms with van der Waals surface area (Å²) >= 11 is 0. The van der Waals surface area contributed by atoms with E-state index in [1.807, 2.05) is 0 Å². The summed E-state index contributed by atoms with van der Waals surface area (Å²) in [7, 11) is 0. The Bertz CT molecular complexity index is 375. The van der Waals surface area contributed by atoms with Crippen molar-refractivity contribution in [2.24, 2.45) is 11.8 Å². The van der Waals surface area contributed by atoms with Crippen LogP contribution < -0.4 is 0 Å². The Labute approximate surface area is 151 Å². The molecule has 24 heavy (non-hydrogen) atoms. The number of hydrogen-bond donors (Lipinski definition) is 0. The van der Waals surface area contributed by atoms with Gasteiger partial charge in [-0.1, -0.05) is 51.2 Å². The molecule has 1 nitrogen and oxygen atoms in total.